The van der Waals surface area contributed by atoms with Gasteiger partial charge in [0.2, 0.25) is 5.88 Å². The second-order valence-electron chi connectivity index (χ2n) is 6.23. The molecule has 4 rings (SSSR count). The molecular weight excluding hydrogens is 352 g/mol. The van der Waals surface area contributed by atoms with Gasteiger partial charge in [0.15, 0.2) is 0 Å². The van der Waals surface area contributed by atoms with E-state index in [1.807, 2.05) is 60.7 Å². The van der Waals surface area contributed by atoms with Gasteiger partial charge in [0.05, 0.1) is 6.04 Å². The summed E-state index contributed by atoms with van der Waals surface area (Å²) in [4.78, 5) is 17.2. The maximum absolute atomic E-state index is 13.2. The number of hydrogen-bond donors (Lipinski definition) is 2. The van der Waals surface area contributed by atoms with Crippen molar-refractivity contribution in [2.24, 2.45) is 0 Å². The zero-order valence-corrected chi connectivity index (χ0v) is 14.9. The zero-order chi connectivity index (χ0) is 19.3. The van der Waals surface area contributed by atoms with Crippen LogP contribution < -0.4 is 11.1 Å². The van der Waals surface area contributed by atoms with Crippen LogP contribution in [0.4, 0.5) is 5.88 Å². The lowest BCUT2D eigenvalue weighted by Gasteiger charge is -2.20. The molecule has 0 saturated carbocycles. The minimum absolute atomic E-state index is 0.0239. The lowest BCUT2D eigenvalue weighted by atomic mass is 9.98. The number of carbonyl (C=O) groups excluding carboxylic acids is 1. The molecule has 6 heteroatoms. The van der Waals surface area contributed by atoms with Gasteiger partial charge in [-0.25, -0.2) is 0 Å². The number of nitrogens with two attached hydrogens (primary N) is 1. The maximum Gasteiger partial charge on any atom is 0.259 e. The van der Waals surface area contributed by atoms with Crippen molar-refractivity contribution in [2.45, 2.75) is 6.04 Å². The highest BCUT2D eigenvalue weighted by Gasteiger charge is 2.25. The first-order chi connectivity index (χ1) is 13.7. The van der Waals surface area contributed by atoms with Crippen molar-refractivity contribution in [2.75, 3.05) is 5.73 Å². The summed E-state index contributed by atoms with van der Waals surface area (Å²) < 4.78 is 5.11. The van der Waals surface area contributed by atoms with E-state index >= 15 is 0 Å². The number of nitrogen functional groups attached to an aromatic ring is 1. The van der Waals surface area contributed by atoms with Crippen molar-refractivity contribution in [1.82, 2.24) is 15.5 Å². The van der Waals surface area contributed by atoms with E-state index in [0.29, 0.717) is 11.3 Å². The number of amides is 1. The van der Waals surface area contributed by atoms with E-state index in [1.54, 1.807) is 24.5 Å². The SMILES string of the molecule is Nc1onc(-c2ccncc2)c1C(=O)NC(c1ccccc1)c1ccccc1. The van der Waals surface area contributed by atoms with Crippen molar-refractivity contribution in [3.63, 3.8) is 0 Å². The summed E-state index contributed by atoms with van der Waals surface area (Å²) in [6.07, 6.45) is 3.25. The average Bonchev–Trinajstić information content (AvgIpc) is 3.15. The van der Waals surface area contributed by atoms with Crippen LogP contribution in [0.3, 0.4) is 0 Å². The summed E-state index contributed by atoms with van der Waals surface area (Å²) in [5.74, 6) is -0.382. The Hall–Kier alpha value is -3.93. The molecule has 0 saturated heterocycles. The third-order valence-electron chi connectivity index (χ3n) is 4.44. The molecule has 138 valence electrons. The number of benzene rings is 2. The van der Waals surface area contributed by atoms with Crippen LogP contribution in [0.15, 0.2) is 89.7 Å². The van der Waals surface area contributed by atoms with Crippen molar-refractivity contribution >= 4 is 11.8 Å². The van der Waals surface area contributed by atoms with Gasteiger partial charge in [-0.2, -0.15) is 0 Å². The Morgan fingerprint density at radius 1 is 0.893 bits per heavy atom. The monoisotopic (exact) mass is 370 g/mol. The molecule has 28 heavy (non-hydrogen) atoms. The molecule has 6 nitrogen and oxygen atoms in total. The van der Waals surface area contributed by atoms with Crippen molar-refractivity contribution < 1.29 is 9.32 Å². The van der Waals surface area contributed by atoms with E-state index in [-0.39, 0.29) is 23.4 Å². The molecule has 0 spiro atoms. The van der Waals surface area contributed by atoms with Gasteiger partial charge in [-0.15, -0.1) is 0 Å². The quantitative estimate of drug-likeness (QED) is 0.557. The molecular formula is C22H18N4O2. The van der Waals surface area contributed by atoms with Gasteiger partial charge in [0.1, 0.15) is 11.3 Å². The molecule has 4 aromatic rings. The number of nitrogens with one attached hydrogen (secondary N) is 1. The fourth-order valence-electron chi connectivity index (χ4n) is 3.08. The fourth-order valence-corrected chi connectivity index (χ4v) is 3.08. The first kappa shape index (κ1) is 17.5. The first-order valence-electron chi connectivity index (χ1n) is 8.80. The Kier molecular flexibility index (Phi) is 4.84. The standard InChI is InChI=1S/C22H18N4O2/c23-21-18(20(26-28-21)17-11-13-24-14-12-17)22(27)25-19(15-7-3-1-4-8-15)16-9-5-2-6-10-16/h1-14,19H,23H2,(H,25,27). The van der Waals surface area contributed by atoms with Crippen molar-refractivity contribution in [3.8, 4) is 11.3 Å². The van der Waals surface area contributed by atoms with Gasteiger partial charge in [-0.3, -0.25) is 9.78 Å². The highest BCUT2D eigenvalue weighted by Crippen LogP contribution is 2.28. The first-order valence-corrected chi connectivity index (χ1v) is 8.80. The molecule has 2 aromatic heterocycles. The molecule has 0 aliphatic carbocycles. The summed E-state index contributed by atoms with van der Waals surface area (Å²) in [5.41, 5.74) is 9.15. The fraction of sp³-hybridized carbons (Fsp3) is 0.0455. The highest BCUT2D eigenvalue weighted by molar-refractivity contribution is 6.03. The molecule has 2 heterocycles. The van der Waals surface area contributed by atoms with Crippen molar-refractivity contribution in [1.29, 1.82) is 0 Å². The minimum Gasteiger partial charge on any atom is -0.367 e. The molecule has 0 bridgehead atoms. The van der Waals surface area contributed by atoms with Crippen LogP contribution in [0.25, 0.3) is 11.3 Å². The minimum atomic E-state index is -0.358. The van der Waals surface area contributed by atoms with Gasteiger partial charge in [-0.05, 0) is 23.3 Å². The molecule has 0 atom stereocenters. The number of pyridine rings is 1. The van der Waals surface area contributed by atoms with E-state index in [0.717, 1.165) is 11.1 Å². The van der Waals surface area contributed by atoms with Gasteiger partial charge in [-0.1, -0.05) is 65.8 Å². The summed E-state index contributed by atoms with van der Waals surface area (Å²) >= 11 is 0. The van der Waals surface area contributed by atoms with Gasteiger partial charge in [0.25, 0.3) is 5.91 Å². The second kappa shape index (κ2) is 7.75. The third-order valence-corrected chi connectivity index (χ3v) is 4.44. The Morgan fingerprint density at radius 3 is 2.04 bits per heavy atom. The Morgan fingerprint density at radius 2 is 1.46 bits per heavy atom. The zero-order valence-electron chi connectivity index (χ0n) is 14.9. The van der Waals surface area contributed by atoms with E-state index < -0.39 is 0 Å². The Bertz CT molecular complexity index is 1020. The van der Waals surface area contributed by atoms with Gasteiger partial charge < -0.3 is 15.6 Å². The summed E-state index contributed by atoms with van der Waals surface area (Å²) in [5, 5.41) is 7.04. The number of carbonyl (C=O) groups is 1. The number of rotatable bonds is 5. The van der Waals surface area contributed by atoms with Crippen LogP contribution in [0, 0.1) is 0 Å². The smallest absolute Gasteiger partial charge is 0.259 e. The summed E-state index contributed by atoms with van der Waals surface area (Å²) in [6.45, 7) is 0. The Labute approximate surface area is 162 Å². The lowest BCUT2D eigenvalue weighted by Crippen LogP contribution is -2.30. The highest BCUT2D eigenvalue weighted by atomic mass is 16.5. The van der Waals surface area contributed by atoms with E-state index in [2.05, 4.69) is 15.5 Å². The third kappa shape index (κ3) is 3.48. The average molecular weight is 370 g/mol. The summed E-state index contributed by atoms with van der Waals surface area (Å²) in [6, 6.07) is 22.7. The molecule has 2 aromatic carbocycles. The van der Waals surface area contributed by atoms with Gasteiger partial charge in [0, 0.05) is 18.0 Å². The van der Waals surface area contributed by atoms with E-state index in [4.69, 9.17) is 10.3 Å². The molecule has 0 fully saturated rings. The normalized spacial score (nSPS) is 10.8. The molecule has 0 aliphatic rings. The van der Waals surface area contributed by atoms with Crippen LogP contribution in [0.1, 0.15) is 27.5 Å². The van der Waals surface area contributed by atoms with E-state index in [9.17, 15) is 4.79 Å². The molecule has 0 aliphatic heterocycles. The largest absolute Gasteiger partial charge is 0.367 e. The number of hydrogen-bond acceptors (Lipinski definition) is 5. The lowest BCUT2D eigenvalue weighted by molar-refractivity contribution is 0.0944. The van der Waals surface area contributed by atoms with Crippen LogP contribution in [0.2, 0.25) is 0 Å². The topological polar surface area (TPSA) is 94.0 Å². The van der Waals surface area contributed by atoms with Gasteiger partial charge >= 0.3 is 0 Å². The Balaban J connectivity index is 1.71. The predicted octanol–water partition coefficient (Wildman–Crippen LogP) is 3.84. The molecule has 3 N–H and O–H groups in total. The predicted molar refractivity (Wildman–Crippen MR) is 106 cm³/mol. The molecule has 1 amide bonds. The van der Waals surface area contributed by atoms with Crippen LogP contribution in [0.5, 0.6) is 0 Å². The van der Waals surface area contributed by atoms with Crippen LogP contribution in [-0.4, -0.2) is 16.0 Å². The van der Waals surface area contributed by atoms with Crippen LogP contribution in [-0.2, 0) is 0 Å². The second-order valence-corrected chi connectivity index (χ2v) is 6.23. The maximum atomic E-state index is 13.2. The summed E-state index contributed by atoms with van der Waals surface area (Å²) in [7, 11) is 0. The number of nitrogens with zero attached hydrogens (tertiary/aromatic N) is 2. The van der Waals surface area contributed by atoms with Crippen molar-refractivity contribution in [3.05, 3.63) is 102 Å². The number of anilines is 1. The molecule has 0 unspecified atom stereocenters. The number of aromatic nitrogens is 2. The van der Waals surface area contributed by atoms with E-state index in [1.165, 1.54) is 0 Å². The van der Waals surface area contributed by atoms with Crippen LogP contribution >= 0.6 is 0 Å². The molecule has 0 radical (unpaired) electrons.